The molecule has 1 rings (SSSR count). The van der Waals surface area contributed by atoms with Crippen molar-refractivity contribution >= 4 is 0 Å². The minimum absolute atomic E-state index is 0.362. The number of hydrogen-bond acceptors (Lipinski definition) is 1. The molecule has 0 aromatic heterocycles. The second-order valence-corrected chi connectivity index (χ2v) is 5.69. The molecule has 0 unspecified atom stereocenters. The van der Waals surface area contributed by atoms with Gasteiger partial charge >= 0.3 is 0 Å². The van der Waals surface area contributed by atoms with Gasteiger partial charge in [0.15, 0.2) is 0 Å². The zero-order valence-electron chi connectivity index (χ0n) is 11.4. The van der Waals surface area contributed by atoms with Gasteiger partial charge < -0.3 is 5.11 Å². The zero-order valence-corrected chi connectivity index (χ0v) is 11.4. The summed E-state index contributed by atoms with van der Waals surface area (Å²) in [5.74, 6) is 1.15. The molecule has 16 heavy (non-hydrogen) atoms. The first-order chi connectivity index (χ1) is 7.60. The Morgan fingerprint density at radius 3 is 2.50 bits per heavy atom. The first kappa shape index (κ1) is 13.8. The molecule has 0 aromatic rings. The van der Waals surface area contributed by atoms with Crippen LogP contribution in [0.2, 0.25) is 0 Å². The van der Waals surface area contributed by atoms with Crippen LogP contribution < -0.4 is 0 Å². The molecular formula is C15H28O. The molecule has 1 nitrogen and oxygen atoms in total. The molecule has 0 spiro atoms. The molecule has 1 saturated carbocycles. The summed E-state index contributed by atoms with van der Waals surface area (Å²) in [6.07, 6.45) is 8.70. The van der Waals surface area contributed by atoms with Crippen molar-refractivity contribution in [3.05, 3.63) is 11.6 Å². The van der Waals surface area contributed by atoms with E-state index in [0.717, 1.165) is 0 Å². The van der Waals surface area contributed by atoms with E-state index < -0.39 is 0 Å². The third-order valence-electron chi connectivity index (χ3n) is 4.31. The monoisotopic (exact) mass is 224 g/mol. The Morgan fingerprint density at radius 1 is 1.31 bits per heavy atom. The van der Waals surface area contributed by atoms with E-state index in [2.05, 4.69) is 33.8 Å². The molecule has 0 radical (unpaired) electrons. The van der Waals surface area contributed by atoms with Crippen LogP contribution in [0.25, 0.3) is 0 Å². The summed E-state index contributed by atoms with van der Waals surface area (Å²) in [4.78, 5) is 0. The quantitative estimate of drug-likeness (QED) is 0.644. The maximum Gasteiger partial charge on any atom is 0.0470 e. The van der Waals surface area contributed by atoms with Crippen molar-refractivity contribution in [1.82, 2.24) is 0 Å². The van der Waals surface area contributed by atoms with Gasteiger partial charge in [0.1, 0.15) is 0 Å². The van der Waals surface area contributed by atoms with Gasteiger partial charge in [0.2, 0.25) is 0 Å². The summed E-state index contributed by atoms with van der Waals surface area (Å²) in [6, 6.07) is 0. The number of hydrogen-bond donors (Lipinski definition) is 1. The summed E-state index contributed by atoms with van der Waals surface area (Å²) in [5.41, 5.74) is 1.89. The largest absolute Gasteiger partial charge is 0.396 e. The number of aliphatic hydroxyl groups excluding tert-OH is 1. The molecule has 0 saturated heterocycles. The van der Waals surface area contributed by atoms with E-state index in [-0.39, 0.29) is 0 Å². The van der Waals surface area contributed by atoms with Crippen LogP contribution in [0.4, 0.5) is 0 Å². The zero-order chi connectivity index (χ0) is 12.2. The highest BCUT2D eigenvalue weighted by atomic mass is 16.3. The van der Waals surface area contributed by atoms with Gasteiger partial charge in [-0.05, 0) is 37.0 Å². The van der Waals surface area contributed by atoms with E-state index in [1.807, 2.05) is 0 Å². The Hall–Kier alpha value is -0.300. The Balaban J connectivity index is 2.57. The highest BCUT2D eigenvalue weighted by molar-refractivity contribution is 5.19. The van der Waals surface area contributed by atoms with Crippen LogP contribution in [0.15, 0.2) is 11.6 Å². The van der Waals surface area contributed by atoms with Gasteiger partial charge in [0.05, 0.1) is 0 Å². The molecule has 1 fully saturated rings. The van der Waals surface area contributed by atoms with E-state index in [9.17, 15) is 5.11 Å². The smallest absolute Gasteiger partial charge is 0.0470 e. The van der Waals surface area contributed by atoms with Gasteiger partial charge in [-0.25, -0.2) is 0 Å². The fourth-order valence-electron chi connectivity index (χ4n) is 3.02. The van der Waals surface area contributed by atoms with Crippen LogP contribution in [0.1, 0.15) is 59.8 Å². The van der Waals surface area contributed by atoms with E-state index >= 15 is 0 Å². The predicted octanol–water partition coefficient (Wildman–Crippen LogP) is 4.17. The van der Waals surface area contributed by atoms with E-state index in [1.54, 1.807) is 0 Å². The Bertz CT molecular complexity index is 244. The summed E-state index contributed by atoms with van der Waals surface area (Å²) in [6.45, 7) is 9.41. The van der Waals surface area contributed by atoms with Crippen LogP contribution >= 0.6 is 0 Å². The first-order valence-electron chi connectivity index (χ1n) is 6.88. The highest BCUT2D eigenvalue weighted by Gasteiger charge is 2.58. The van der Waals surface area contributed by atoms with E-state index in [0.29, 0.717) is 23.9 Å². The second kappa shape index (κ2) is 5.86. The van der Waals surface area contributed by atoms with Crippen molar-refractivity contribution in [3.63, 3.8) is 0 Å². The van der Waals surface area contributed by atoms with Gasteiger partial charge in [-0.15, -0.1) is 0 Å². The number of rotatable bonds is 7. The Morgan fingerprint density at radius 2 is 2.00 bits per heavy atom. The van der Waals surface area contributed by atoms with Gasteiger partial charge in [-0.2, -0.15) is 0 Å². The molecule has 3 atom stereocenters. The molecule has 0 amide bonds. The van der Waals surface area contributed by atoms with Crippen molar-refractivity contribution in [3.8, 4) is 0 Å². The third kappa shape index (κ3) is 2.88. The molecule has 1 N–H and O–H groups in total. The lowest BCUT2D eigenvalue weighted by Crippen LogP contribution is -2.01. The van der Waals surface area contributed by atoms with Crippen molar-refractivity contribution < 1.29 is 5.11 Å². The Labute approximate surface area is 101 Å². The lowest BCUT2D eigenvalue weighted by Gasteiger charge is -2.09. The van der Waals surface area contributed by atoms with Crippen LogP contribution in [-0.2, 0) is 0 Å². The SMILES string of the molecule is CCCC[C@]1(C)[C@H](/C=C(/C)CCC)[C@@H]1CO. The van der Waals surface area contributed by atoms with Crippen LogP contribution in [0, 0.1) is 17.3 Å². The van der Waals surface area contributed by atoms with E-state index in [1.165, 1.54) is 37.7 Å². The van der Waals surface area contributed by atoms with E-state index in [4.69, 9.17) is 0 Å². The molecule has 0 aliphatic heterocycles. The lowest BCUT2D eigenvalue weighted by molar-refractivity contribution is 0.248. The van der Waals surface area contributed by atoms with Crippen molar-refractivity contribution in [1.29, 1.82) is 0 Å². The summed E-state index contributed by atoms with van der Waals surface area (Å²) >= 11 is 0. The van der Waals surface area contributed by atoms with Crippen molar-refractivity contribution in [2.24, 2.45) is 17.3 Å². The molecule has 1 heteroatoms. The highest BCUT2D eigenvalue weighted by Crippen LogP contribution is 2.62. The maximum atomic E-state index is 9.42. The van der Waals surface area contributed by atoms with Gasteiger partial charge in [0.25, 0.3) is 0 Å². The van der Waals surface area contributed by atoms with Gasteiger partial charge in [-0.3, -0.25) is 0 Å². The first-order valence-corrected chi connectivity index (χ1v) is 6.88. The molecule has 1 aliphatic carbocycles. The lowest BCUT2D eigenvalue weighted by atomic mass is 9.96. The number of unbranched alkanes of at least 4 members (excludes halogenated alkanes) is 1. The molecule has 94 valence electrons. The third-order valence-corrected chi connectivity index (χ3v) is 4.31. The second-order valence-electron chi connectivity index (χ2n) is 5.69. The standard InChI is InChI=1S/C15H28O/c1-5-7-9-15(4)13(14(15)11-16)10-12(3)8-6-2/h10,13-14,16H,5-9,11H2,1-4H3/b12-10-/t13-,14+,15-/m1/s1. The fraction of sp³-hybridized carbons (Fsp3) is 0.867. The molecular weight excluding hydrogens is 196 g/mol. The molecule has 1 aliphatic rings. The molecule has 0 aromatic carbocycles. The van der Waals surface area contributed by atoms with Crippen LogP contribution in [0.3, 0.4) is 0 Å². The number of aliphatic hydroxyl groups is 1. The summed E-state index contributed by atoms with van der Waals surface area (Å²) < 4.78 is 0. The average Bonchev–Trinajstić information content (AvgIpc) is 2.80. The number of allylic oxidation sites excluding steroid dienone is 2. The van der Waals surface area contributed by atoms with Crippen LogP contribution in [0.5, 0.6) is 0 Å². The van der Waals surface area contributed by atoms with Crippen molar-refractivity contribution in [2.45, 2.75) is 59.8 Å². The predicted molar refractivity (Wildman–Crippen MR) is 70.4 cm³/mol. The van der Waals surface area contributed by atoms with Crippen molar-refractivity contribution in [2.75, 3.05) is 6.61 Å². The maximum absolute atomic E-state index is 9.42. The minimum atomic E-state index is 0.362. The minimum Gasteiger partial charge on any atom is -0.396 e. The Kier molecular flexibility index (Phi) is 5.04. The van der Waals surface area contributed by atoms with Gasteiger partial charge in [-0.1, -0.05) is 51.7 Å². The topological polar surface area (TPSA) is 20.2 Å². The van der Waals surface area contributed by atoms with Gasteiger partial charge in [0, 0.05) is 6.61 Å². The normalized spacial score (nSPS) is 34.2. The molecule has 0 bridgehead atoms. The molecule has 0 heterocycles. The summed E-state index contributed by atoms with van der Waals surface area (Å²) in [7, 11) is 0. The fourth-order valence-corrected chi connectivity index (χ4v) is 3.02. The van der Waals surface area contributed by atoms with Crippen LogP contribution in [-0.4, -0.2) is 11.7 Å². The average molecular weight is 224 g/mol. The summed E-state index contributed by atoms with van der Waals surface area (Å²) in [5, 5.41) is 9.42.